The fourth-order valence-corrected chi connectivity index (χ4v) is 1.83. The summed E-state index contributed by atoms with van der Waals surface area (Å²) in [6.45, 7) is 3.24. The van der Waals surface area contributed by atoms with Gasteiger partial charge in [-0.2, -0.15) is 6.42 Å². The lowest BCUT2D eigenvalue weighted by Crippen LogP contribution is -2.42. The monoisotopic (exact) mass is 222 g/mol. The van der Waals surface area contributed by atoms with Gasteiger partial charge in [-0.3, -0.25) is 25.4 Å². The van der Waals surface area contributed by atoms with Crippen molar-refractivity contribution in [3.05, 3.63) is 12.2 Å². The molecule has 16 heavy (non-hydrogen) atoms. The SMILES string of the molecule is CC=[C-]CCC(=O)N1C(=O)CCC1C(C)=O. The molecule has 0 aromatic rings. The van der Waals surface area contributed by atoms with Crippen LogP contribution in [-0.2, 0) is 14.4 Å². The molecule has 0 radical (unpaired) electrons. The summed E-state index contributed by atoms with van der Waals surface area (Å²) in [6, 6.07) is -0.536. The number of carbonyl (C=O) groups is 3. The van der Waals surface area contributed by atoms with Crippen molar-refractivity contribution in [1.82, 2.24) is 4.90 Å². The Morgan fingerprint density at radius 1 is 1.56 bits per heavy atom. The first-order chi connectivity index (χ1) is 7.57. The van der Waals surface area contributed by atoms with Crippen molar-refractivity contribution in [3.8, 4) is 0 Å². The minimum atomic E-state index is -0.536. The standard InChI is InChI=1S/C12H16NO3/c1-3-4-5-6-11(15)13-10(9(2)14)7-8-12(13)16/h3,10H,5-8H2,1-2H3/q-1. The number of nitrogens with zero attached hydrogens (tertiary/aromatic N) is 1. The summed E-state index contributed by atoms with van der Waals surface area (Å²) in [5.74, 6) is -0.614. The van der Waals surface area contributed by atoms with Gasteiger partial charge >= 0.3 is 0 Å². The second-order valence-electron chi connectivity index (χ2n) is 3.82. The molecular formula is C12H16NO3-. The van der Waals surface area contributed by atoms with Crippen LogP contribution in [-0.4, -0.2) is 28.5 Å². The Morgan fingerprint density at radius 2 is 2.25 bits per heavy atom. The highest BCUT2D eigenvalue weighted by Crippen LogP contribution is 2.20. The molecule has 1 saturated heterocycles. The Labute approximate surface area is 95.3 Å². The average molecular weight is 222 g/mol. The lowest BCUT2D eigenvalue weighted by molar-refractivity contribution is -0.146. The molecule has 0 spiro atoms. The fourth-order valence-electron chi connectivity index (χ4n) is 1.83. The first-order valence-corrected chi connectivity index (χ1v) is 5.44. The van der Waals surface area contributed by atoms with E-state index in [0.717, 1.165) is 4.90 Å². The van der Waals surface area contributed by atoms with Crippen molar-refractivity contribution in [2.75, 3.05) is 0 Å². The lowest BCUT2D eigenvalue weighted by Gasteiger charge is -2.21. The van der Waals surface area contributed by atoms with Crippen LogP contribution in [0.15, 0.2) is 6.08 Å². The molecule has 1 rings (SSSR count). The Kier molecular flexibility index (Phi) is 4.40. The van der Waals surface area contributed by atoms with Gasteiger partial charge in [0.25, 0.3) is 0 Å². The summed E-state index contributed by atoms with van der Waals surface area (Å²) >= 11 is 0. The molecule has 0 aliphatic carbocycles. The van der Waals surface area contributed by atoms with Crippen LogP contribution < -0.4 is 0 Å². The topological polar surface area (TPSA) is 54.5 Å². The minimum Gasteiger partial charge on any atom is -0.500 e. The molecule has 1 heterocycles. The van der Waals surface area contributed by atoms with Crippen molar-refractivity contribution in [2.24, 2.45) is 0 Å². The highest BCUT2D eigenvalue weighted by molar-refractivity contribution is 6.02. The van der Waals surface area contributed by atoms with Crippen molar-refractivity contribution >= 4 is 17.6 Å². The number of allylic oxidation sites excluding steroid dienone is 2. The first-order valence-electron chi connectivity index (χ1n) is 5.44. The van der Waals surface area contributed by atoms with E-state index in [1.165, 1.54) is 6.92 Å². The average Bonchev–Trinajstić information content (AvgIpc) is 2.60. The van der Waals surface area contributed by atoms with Crippen LogP contribution in [0, 0.1) is 6.08 Å². The molecule has 4 heteroatoms. The highest BCUT2D eigenvalue weighted by Gasteiger charge is 2.37. The molecular weight excluding hydrogens is 206 g/mol. The summed E-state index contributed by atoms with van der Waals surface area (Å²) in [4.78, 5) is 35.6. The summed E-state index contributed by atoms with van der Waals surface area (Å²) < 4.78 is 0. The van der Waals surface area contributed by atoms with Crippen molar-refractivity contribution in [3.63, 3.8) is 0 Å². The molecule has 1 atom stereocenters. The Balaban J connectivity index is 2.64. The molecule has 0 bridgehead atoms. The van der Waals surface area contributed by atoms with E-state index in [4.69, 9.17) is 0 Å². The highest BCUT2D eigenvalue weighted by atomic mass is 16.2. The van der Waals surface area contributed by atoms with E-state index in [9.17, 15) is 14.4 Å². The van der Waals surface area contributed by atoms with E-state index in [1.807, 2.05) is 6.92 Å². The Morgan fingerprint density at radius 3 is 2.81 bits per heavy atom. The number of amides is 2. The van der Waals surface area contributed by atoms with Crippen molar-refractivity contribution in [1.29, 1.82) is 0 Å². The van der Waals surface area contributed by atoms with Crippen LogP contribution in [0.1, 0.15) is 39.5 Å². The van der Waals surface area contributed by atoms with E-state index in [2.05, 4.69) is 6.08 Å². The summed E-state index contributed by atoms with van der Waals surface area (Å²) in [6.07, 6.45) is 6.12. The number of imide groups is 1. The van der Waals surface area contributed by atoms with E-state index in [1.54, 1.807) is 6.08 Å². The fraction of sp³-hybridized carbons (Fsp3) is 0.583. The zero-order chi connectivity index (χ0) is 12.1. The first kappa shape index (κ1) is 12.6. The number of Topliss-reactive ketones (excluding diaryl/α,β-unsaturated/α-hetero) is 1. The molecule has 4 nitrogen and oxygen atoms in total. The Bertz CT molecular complexity index is 333. The van der Waals surface area contributed by atoms with Gasteiger partial charge in [0.2, 0.25) is 11.8 Å². The van der Waals surface area contributed by atoms with Crippen LogP contribution >= 0.6 is 0 Å². The molecule has 0 aromatic heterocycles. The quantitative estimate of drug-likeness (QED) is 0.673. The third kappa shape index (κ3) is 2.78. The molecule has 0 saturated carbocycles. The van der Waals surface area contributed by atoms with E-state index in [-0.39, 0.29) is 24.0 Å². The summed E-state index contributed by atoms with van der Waals surface area (Å²) in [5.41, 5.74) is 0. The summed E-state index contributed by atoms with van der Waals surface area (Å²) in [7, 11) is 0. The van der Waals surface area contributed by atoms with Gasteiger partial charge in [0.05, 0.1) is 6.04 Å². The number of likely N-dealkylation sites (tertiary alicyclic amines) is 1. The van der Waals surface area contributed by atoms with Gasteiger partial charge in [-0.25, -0.2) is 0 Å². The maximum Gasteiger partial charge on any atom is 0.229 e. The second-order valence-corrected chi connectivity index (χ2v) is 3.82. The molecule has 0 aromatic carbocycles. The minimum absolute atomic E-state index is 0.116. The molecule has 1 aliphatic rings. The van der Waals surface area contributed by atoms with Gasteiger partial charge in [-0.15, -0.1) is 0 Å². The predicted octanol–water partition coefficient (Wildman–Crippen LogP) is 1.25. The van der Waals surface area contributed by atoms with Gasteiger partial charge in [-0.1, -0.05) is 6.92 Å². The third-order valence-electron chi connectivity index (χ3n) is 2.64. The zero-order valence-electron chi connectivity index (χ0n) is 9.66. The van der Waals surface area contributed by atoms with Crippen LogP contribution in [0.4, 0.5) is 0 Å². The van der Waals surface area contributed by atoms with Crippen LogP contribution in [0.25, 0.3) is 0 Å². The van der Waals surface area contributed by atoms with Crippen LogP contribution in [0.3, 0.4) is 0 Å². The number of hydrogen-bond acceptors (Lipinski definition) is 3. The molecule has 1 aliphatic heterocycles. The van der Waals surface area contributed by atoms with Gasteiger partial charge < -0.3 is 6.08 Å². The van der Waals surface area contributed by atoms with Crippen LogP contribution in [0.2, 0.25) is 0 Å². The number of ketones is 1. The Hall–Kier alpha value is -1.45. The molecule has 2 amide bonds. The predicted molar refractivity (Wildman–Crippen MR) is 58.3 cm³/mol. The number of hydrogen-bond donors (Lipinski definition) is 0. The maximum absolute atomic E-state index is 11.7. The van der Waals surface area contributed by atoms with Gasteiger partial charge in [0.15, 0.2) is 5.78 Å². The van der Waals surface area contributed by atoms with Crippen LogP contribution in [0.5, 0.6) is 0 Å². The van der Waals surface area contributed by atoms with E-state index >= 15 is 0 Å². The number of rotatable bonds is 4. The normalized spacial score (nSPS) is 20.8. The van der Waals surface area contributed by atoms with E-state index < -0.39 is 6.04 Å². The molecule has 88 valence electrons. The lowest BCUT2D eigenvalue weighted by atomic mass is 10.1. The smallest absolute Gasteiger partial charge is 0.229 e. The molecule has 1 unspecified atom stereocenters. The maximum atomic E-state index is 11.7. The largest absolute Gasteiger partial charge is 0.500 e. The van der Waals surface area contributed by atoms with Gasteiger partial charge in [0, 0.05) is 12.8 Å². The third-order valence-corrected chi connectivity index (χ3v) is 2.64. The zero-order valence-corrected chi connectivity index (χ0v) is 9.66. The second kappa shape index (κ2) is 5.58. The molecule has 1 fully saturated rings. The molecule has 0 N–H and O–H groups in total. The summed E-state index contributed by atoms with van der Waals surface area (Å²) in [5, 5.41) is 0. The van der Waals surface area contributed by atoms with Crippen molar-refractivity contribution < 1.29 is 14.4 Å². The van der Waals surface area contributed by atoms with Crippen molar-refractivity contribution in [2.45, 2.75) is 45.6 Å². The van der Waals surface area contributed by atoms with Gasteiger partial charge in [-0.05, 0) is 13.3 Å². The number of carbonyl (C=O) groups excluding carboxylic acids is 3. The van der Waals surface area contributed by atoms with E-state index in [0.29, 0.717) is 19.3 Å². The van der Waals surface area contributed by atoms with Gasteiger partial charge in [0.1, 0.15) is 0 Å².